The third-order valence-corrected chi connectivity index (χ3v) is 7.63. The van der Waals surface area contributed by atoms with E-state index in [4.69, 9.17) is 23.2 Å². The first-order chi connectivity index (χ1) is 20.2. The smallest absolute Gasteiger partial charge is 0.246 e. The highest BCUT2D eigenvalue weighted by atomic mass is 35.5. The Morgan fingerprint density at radius 1 is 1.15 bits per heavy atom. The SMILES string of the molecule is [2H][C@](Nc1cc(Cl)c2ncc(C#N)c(Nc3ccc(C)c(Cl)c3)c2c1)(C1=CN(C(C)C)NN1)c1ccc[n+]2c[nH]cc12. The number of nitrogens with zero attached hydrogens (tertiary/aromatic N) is 4. The minimum Gasteiger partial charge on any atom is -0.373 e. The van der Waals surface area contributed by atoms with Crippen LogP contribution >= 0.6 is 23.2 Å². The minimum atomic E-state index is -1.49. The second-order valence-electron chi connectivity index (χ2n) is 10.0. The number of H-pyrrole nitrogens is 1. The van der Waals surface area contributed by atoms with Crippen LogP contribution in [0.3, 0.4) is 0 Å². The molecule has 11 heteroatoms. The minimum absolute atomic E-state index is 0.145. The van der Waals surface area contributed by atoms with Gasteiger partial charge in [-0.25, -0.2) is 9.38 Å². The zero-order valence-electron chi connectivity index (χ0n) is 23.6. The van der Waals surface area contributed by atoms with Gasteiger partial charge in [-0.15, -0.1) is 5.53 Å². The summed E-state index contributed by atoms with van der Waals surface area (Å²) < 4.78 is 11.8. The first-order valence-corrected chi connectivity index (χ1v) is 13.8. The van der Waals surface area contributed by atoms with Gasteiger partial charge in [0.05, 0.1) is 41.1 Å². The van der Waals surface area contributed by atoms with Crippen molar-refractivity contribution in [1.29, 1.82) is 5.26 Å². The predicted octanol–water partition coefficient (Wildman–Crippen LogP) is 6.26. The number of hydrogen-bond donors (Lipinski definition) is 5. The highest BCUT2D eigenvalue weighted by molar-refractivity contribution is 6.36. The van der Waals surface area contributed by atoms with Crippen molar-refractivity contribution in [2.75, 3.05) is 10.6 Å². The molecule has 41 heavy (non-hydrogen) atoms. The first kappa shape index (κ1) is 25.5. The van der Waals surface area contributed by atoms with E-state index in [9.17, 15) is 6.63 Å². The summed E-state index contributed by atoms with van der Waals surface area (Å²) in [4.78, 5) is 7.60. The van der Waals surface area contributed by atoms with Gasteiger partial charge >= 0.3 is 0 Å². The standard InChI is InChI=1S/C30H27Cl2N9/c1-17(2)41-15-26(38-39-41)30(22-5-4-8-40-16-34-14-27(22)40)37-21-9-23-28(36-20-7-6-18(3)24(31)10-20)19(12-33)13-35-29(23)25(32)11-21/h4-11,13-17,30,37-39H,1-3H3,(H,35,36)/p+1/t30-/m1/s1/i30D. The van der Waals surface area contributed by atoms with E-state index >= 15 is 0 Å². The maximum atomic E-state index is 9.95. The van der Waals surface area contributed by atoms with E-state index < -0.39 is 6.02 Å². The summed E-state index contributed by atoms with van der Waals surface area (Å²) in [7, 11) is 0. The summed E-state index contributed by atoms with van der Waals surface area (Å²) in [6, 6.07) is 13.9. The zero-order chi connectivity index (χ0) is 29.6. The summed E-state index contributed by atoms with van der Waals surface area (Å²) in [5.41, 5.74) is 12.0. The average Bonchev–Trinajstić information content (AvgIpc) is 3.66. The summed E-state index contributed by atoms with van der Waals surface area (Å²) in [6.45, 7) is 6.03. The van der Waals surface area contributed by atoms with E-state index in [0.717, 1.165) is 16.8 Å². The molecule has 9 nitrogen and oxygen atoms in total. The number of halogens is 2. The van der Waals surface area contributed by atoms with E-state index in [1.54, 1.807) is 6.07 Å². The van der Waals surface area contributed by atoms with Crippen LogP contribution in [0.1, 0.15) is 37.9 Å². The number of benzene rings is 2. The monoisotopic (exact) mass is 585 g/mol. The molecular weight excluding hydrogens is 557 g/mol. The van der Waals surface area contributed by atoms with Gasteiger partial charge in [0.2, 0.25) is 6.33 Å². The van der Waals surface area contributed by atoms with Crippen molar-refractivity contribution in [3.8, 4) is 6.07 Å². The van der Waals surface area contributed by atoms with Gasteiger partial charge in [0, 0.05) is 45.8 Å². The molecule has 1 atom stereocenters. The second kappa shape index (κ2) is 10.8. The number of aryl methyl sites for hydroxylation is 1. The maximum absolute atomic E-state index is 9.95. The number of fused-ring (bicyclic) bond motifs is 2. The van der Waals surface area contributed by atoms with Crippen molar-refractivity contribution < 1.29 is 5.77 Å². The van der Waals surface area contributed by atoms with E-state index in [-0.39, 0.29) is 6.04 Å². The molecule has 0 radical (unpaired) electrons. The van der Waals surface area contributed by atoms with Gasteiger partial charge in [-0.05, 0) is 62.7 Å². The number of pyridine rings is 2. The van der Waals surface area contributed by atoms with E-state index in [1.807, 2.05) is 77.7 Å². The summed E-state index contributed by atoms with van der Waals surface area (Å²) in [5.74, 6) is 0. The van der Waals surface area contributed by atoms with Crippen LogP contribution < -0.4 is 26.0 Å². The molecule has 6 rings (SSSR count). The fourth-order valence-electron chi connectivity index (χ4n) is 4.73. The zero-order valence-corrected chi connectivity index (χ0v) is 24.1. The molecule has 1 aliphatic rings. The molecule has 5 N–H and O–H groups in total. The maximum Gasteiger partial charge on any atom is 0.246 e. The summed E-state index contributed by atoms with van der Waals surface area (Å²) >= 11 is 13.2. The highest BCUT2D eigenvalue weighted by Crippen LogP contribution is 2.37. The number of nitrogens with one attached hydrogen (secondary N) is 5. The van der Waals surface area contributed by atoms with Crippen molar-refractivity contribution in [3.63, 3.8) is 0 Å². The Hall–Kier alpha value is -4.49. The Labute approximate surface area is 248 Å². The number of aromatic nitrogens is 3. The molecule has 3 aromatic heterocycles. The van der Waals surface area contributed by atoms with Gasteiger partial charge in [-0.1, -0.05) is 29.3 Å². The average molecular weight is 587 g/mol. The fraction of sp³-hybridized carbons (Fsp3) is 0.167. The second-order valence-corrected chi connectivity index (χ2v) is 10.9. The van der Waals surface area contributed by atoms with Crippen LogP contribution in [0.25, 0.3) is 16.4 Å². The molecule has 0 fully saturated rings. The molecule has 0 amide bonds. The van der Waals surface area contributed by atoms with E-state index in [2.05, 4.69) is 51.5 Å². The molecule has 0 aliphatic carbocycles. The highest BCUT2D eigenvalue weighted by Gasteiger charge is 2.27. The molecule has 0 spiro atoms. The Balaban J connectivity index is 1.51. The lowest BCUT2D eigenvalue weighted by Gasteiger charge is -2.22. The number of hydrogen-bond acceptors (Lipinski definition) is 7. The summed E-state index contributed by atoms with van der Waals surface area (Å²) in [6.07, 6.45) is 8.98. The topological polar surface area (TPSA) is 108 Å². The van der Waals surface area contributed by atoms with Gasteiger partial charge in [-0.2, -0.15) is 5.26 Å². The predicted molar refractivity (Wildman–Crippen MR) is 163 cm³/mol. The van der Waals surface area contributed by atoms with Crippen LogP contribution in [0.4, 0.5) is 17.1 Å². The van der Waals surface area contributed by atoms with Crippen LogP contribution in [-0.2, 0) is 0 Å². The van der Waals surface area contributed by atoms with Crippen LogP contribution in [0.5, 0.6) is 0 Å². The molecule has 2 aromatic carbocycles. The number of imidazole rings is 1. The molecule has 0 bridgehead atoms. The molecular formula is C30H28Cl2N9+. The Morgan fingerprint density at radius 2 is 1.98 bits per heavy atom. The quantitative estimate of drug-likeness (QED) is 0.143. The lowest BCUT2D eigenvalue weighted by atomic mass is 10.0. The Kier molecular flexibility index (Phi) is 6.72. The van der Waals surface area contributed by atoms with Gasteiger partial charge in [0.15, 0.2) is 5.52 Å². The van der Waals surface area contributed by atoms with Gasteiger partial charge in [0.25, 0.3) is 0 Å². The van der Waals surface area contributed by atoms with Crippen LogP contribution in [0.2, 0.25) is 10.0 Å². The first-order valence-electron chi connectivity index (χ1n) is 13.5. The molecule has 0 unspecified atom stereocenters. The van der Waals surface area contributed by atoms with Crippen LogP contribution in [-0.4, -0.2) is 21.0 Å². The van der Waals surface area contributed by atoms with Crippen molar-refractivity contribution >= 4 is 56.7 Å². The van der Waals surface area contributed by atoms with Crippen molar-refractivity contribution in [3.05, 3.63) is 106 Å². The van der Waals surface area contributed by atoms with Crippen molar-refractivity contribution in [1.82, 2.24) is 25.9 Å². The fourth-order valence-corrected chi connectivity index (χ4v) is 5.18. The number of anilines is 3. The third kappa shape index (κ3) is 5.09. The Morgan fingerprint density at radius 3 is 2.73 bits per heavy atom. The molecule has 0 saturated heterocycles. The molecule has 5 aromatic rings. The van der Waals surface area contributed by atoms with Crippen LogP contribution in [0, 0.1) is 18.3 Å². The number of aromatic amines is 1. The van der Waals surface area contributed by atoms with E-state index in [0.29, 0.717) is 49.1 Å². The number of rotatable bonds is 7. The molecule has 206 valence electrons. The molecule has 4 heterocycles. The lowest BCUT2D eigenvalue weighted by molar-refractivity contribution is -0.511. The third-order valence-electron chi connectivity index (χ3n) is 6.94. The van der Waals surface area contributed by atoms with Gasteiger partial charge in [-0.3, -0.25) is 9.99 Å². The Bertz CT molecular complexity index is 1910. The molecule has 1 aliphatic heterocycles. The van der Waals surface area contributed by atoms with Gasteiger partial charge in [0.1, 0.15) is 12.3 Å². The number of hydrazine groups is 2. The van der Waals surface area contributed by atoms with Gasteiger partial charge < -0.3 is 16.1 Å². The lowest BCUT2D eigenvalue weighted by Crippen LogP contribution is -2.41. The van der Waals surface area contributed by atoms with Crippen molar-refractivity contribution in [2.45, 2.75) is 32.8 Å². The normalized spacial score (nSPS) is 14.9. The summed E-state index contributed by atoms with van der Waals surface area (Å²) in [5, 5.41) is 20.2. The van der Waals surface area contributed by atoms with E-state index in [1.165, 1.54) is 6.20 Å². The largest absolute Gasteiger partial charge is 0.373 e. The van der Waals surface area contributed by atoms with Crippen molar-refractivity contribution in [2.24, 2.45) is 0 Å². The van der Waals surface area contributed by atoms with Crippen LogP contribution in [0.15, 0.2) is 79.3 Å². The molecule has 0 saturated carbocycles. The number of nitriles is 1.